The highest BCUT2D eigenvalue weighted by Gasteiger charge is 2.00. The van der Waals surface area contributed by atoms with Crippen molar-refractivity contribution in [2.45, 2.75) is 39.5 Å². The summed E-state index contributed by atoms with van der Waals surface area (Å²) in [7, 11) is 1.64. The summed E-state index contributed by atoms with van der Waals surface area (Å²) in [6, 6.07) is 4.03. The van der Waals surface area contributed by atoms with Crippen LogP contribution in [0.3, 0.4) is 0 Å². The van der Waals surface area contributed by atoms with E-state index in [9.17, 15) is 0 Å². The largest absolute Gasteiger partial charge is 0.481 e. The van der Waals surface area contributed by atoms with Crippen molar-refractivity contribution >= 4 is 0 Å². The highest BCUT2D eigenvalue weighted by atomic mass is 16.5. The molecule has 2 heteroatoms. The van der Waals surface area contributed by atoms with E-state index in [4.69, 9.17) is 4.74 Å². The molecule has 1 unspecified atom stereocenters. The van der Waals surface area contributed by atoms with Crippen LogP contribution in [0.2, 0.25) is 0 Å². The second-order valence-corrected chi connectivity index (χ2v) is 4.11. The van der Waals surface area contributed by atoms with Crippen LogP contribution in [0.1, 0.15) is 38.7 Å². The van der Waals surface area contributed by atoms with Gasteiger partial charge in [0.15, 0.2) is 0 Å². The molecular weight excluding hydrogens is 186 g/mol. The van der Waals surface area contributed by atoms with Crippen molar-refractivity contribution in [3.63, 3.8) is 0 Å². The summed E-state index contributed by atoms with van der Waals surface area (Å²) >= 11 is 0. The Morgan fingerprint density at radius 1 is 1.40 bits per heavy atom. The van der Waals surface area contributed by atoms with Crippen LogP contribution in [0, 0.1) is 5.92 Å². The maximum atomic E-state index is 5.02. The van der Waals surface area contributed by atoms with E-state index in [1.165, 1.54) is 24.8 Å². The number of ether oxygens (including phenoxy) is 1. The molecule has 0 saturated carbocycles. The number of hydrogen-bond donors (Lipinski definition) is 0. The Labute approximate surface area is 92.7 Å². The van der Waals surface area contributed by atoms with Crippen LogP contribution in [0.4, 0.5) is 0 Å². The molecule has 0 radical (unpaired) electrons. The zero-order chi connectivity index (χ0) is 11.1. The van der Waals surface area contributed by atoms with E-state index in [1.807, 2.05) is 12.3 Å². The number of hydrogen-bond acceptors (Lipinski definition) is 2. The quantitative estimate of drug-likeness (QED) is 0.712. The summed E-state index contributed by atoms with van der Waals surface area (Å²) < 4.78 is 5.02. The van der Waals surface area contributed by atoms with Gasteiger partial charge in [0.05, 0.1) is 7.11 Å². The first kappa shape index (κ1) is 12.0. The van der Waals surface area contributed by atoms with Crippen LogP contribution in [0.25, 0.3) is 0 Å². The van der Waals surface area contributed by atoms with E-state index in [0.29, 0.717) is 5.88 Å². The second-order valence-electron chi connectivity index (χ2n) is 4.11. The van der Waals surface area contributed by atoms with Gasteiger partial charge in [-0.25, -0.2) is 4.98 Å². The first-order valence-corrected chi connectivity index (χ1v) is 5.75. The molecule has 1 atom stereocenters. The molecule has 0 bridgehead atoms. The lowest BCUT2D eigenvalue weighted by molar-refractivity contribution is 0.397. The Balaban J connectivity index is 2.31. The predicted molar refractivity (Wildman–Crippen MR) is 63.2 cm³/mol. The Bertz CT molecular complexity index is 268. The van der Waals surface area contributed by atoms with Crippen molar-refractivity contribution in [3.05, 3.63) is 23.9 Å². The van der Waals surface area contributed by atoms with Crippen LogP contribution in [0.15, 0.2) is 18.3 Å². The highest BCUT2D eigenvalue weighted by molar-refractivity contribution is 5.17. The highest BCUT2D eigenvalue weighted by Crippen LogP contribution is 2.13. The topological polar surface area (TPSA) is 22.1 Å². The number of aromatic nitrogens is 1. The van der Waals surface area contributed by atoms with Crippen LogP contribution < -0.4 is 4.74 Å². The Hall–Kier alpha value is -1.05. The molecular formula is C13H21NO. The Morgan fingerprint density at radius 3 is 2.73 bits per heavy atom. The minimum Gasteiger partial charge on any atom is -0.481 e. The molecule has 0 N–H and O–H groups in total. The second kappa shape index (κ2) is 6.44. The zero-order valence-electron chi connectivity index (χ0n) is 9.99. The molecule has 0 saturated heterocycles. The minimum atomic E-state index is 0.695. The summed E-state index contributed by atoms with van der Waals surface area (Å²) in [6.45, 7) is 4.56. The van der Waals surface area contributed by atoms with E-state index >= 15 is 0 Å². The smallest absolute Gasteiger partial charge is 0.212 e. The number of rotatable bonds is 6. The lowest BCUT2D eigenvalue weighted by Crippen LogP contribution is -1.95. The van der Waals surface area contributed by atoms with Gasteiger partial charge in [0.1, 0.15) is 0 Å². The van der Waals surface area contributed by atoms with Crippen molar-refractivity contribution in [2.75, 3.05) is 7.11 Å². The summed E-state index contributed by atoms with van der Waals surface area (Å²) in [5, 5.41) is 0. The normalized spacial score (nSPS) is 12.5. The van der Waals surface area contributed by atoms with Crippen LogP contribution in [-0.2, 0) is 6.42 Å². The number of pyridine rings is 1. The van der Waals surface area contributed by atoms with Gasteiger partial charge in [-0.3, -0.25) is 0 Å². The lowest BCUT2D eigenvalue weighted by atomic mass is 10.00. The molecule has 0 amide bonds. The molecule has 2 nitrogen and oxygen atoms in total. The van der Waals surface area contributed by atoms with Crippen molar-refractivity contribution in [2.24, 2.45) is 5.92 Å². The lowest BCUT2D eigenvalue weighted by Gasteiger charge is -2.07. The fraction of sp³-hybridized carbons (Fsp3) is 0.615. The van der Waals surface area contributed by atoms with Crippen LogP contribution in [0.5, 0.6) is 5.88 Å². The van der Waals surface area contributed by atoms with Crippen molar-refractivity contribution in [1.82, 2.24) is 4.98 Å². The van der Waals surface area contributed by atoms with Gasteiger partial charge in [-0.15, -0.1) is 0 Å². The van der Waals surface area contributed by atoms with E-state index in [1.54, 1.807) is 7.11 Å². The Morgan fingerprint density at radius 2 is 2.20 bits per heavy atom. The van der Waals surface area contributed by atoms with Gasteiger partial charge in [-0.2, -0.15) is 0 Å². The number of aryl methyl sites for hydroxylation is 1. The first-order valence-electron chi connectivity index (χ1n) is 5.75. The molecule has 0 spiro atoms. The molecule has 0 aliphatic heterocycles. The Kier molecular flexibility index (Phi) is 5.16. The third kappa shape index (κ3) is 4.32. The molecule has 0 fully saturated rings. The van der Waals surface area contributed by atoms with E-state index in [2.05, 4.69) is 24.9 Å². The van der Waals surface area contributed by atoms with Gasteiger partial charge in [-0.1, -0.05) is 32.8 Å². The minimum absolute atomic E-state index is 0.695. The standard InChI is InChI=1S/C13H21NO/c1-4-11(2)6-5-7-12-8-9-13(15-3)14-10-12/h8-11H,4-7H2,1-3H3. The molecule has 1 aromatic heterocycles. The fourth-order valence-corrected chi connectivity index (χ4v) is 1.54. The number of methoxy groups -OCH3 is 1. The molecule has 0 aliphatic rings. The van der Waals surface area contributed by atoms with E-state index in [-0.39, 0.29) is 0 Å². The van der Waals surface area contributed by atoms with Gasteiger partial charge in [0, 0.05) is 12.3 Å². The van der Waals surface area contributed by atoms with Crippen molar-refractivity contribution in [3.8, 4) is 5.88 Å². The van der Waals surface area contributed by atoms with Gasteiger partial charge >= 0.3 is 0 Å². The first-order chi connectivity index (χ1) is 7.26. The average molecular weight is 207 g/mol. The average Bonchev–Trinajstić information content (AvgIpc) is 2.29. The number of nitrogens with zero attached hydrogens (tertiary/aromatic N) is 1. The molecule has 0 aliphatic carbocycles. The van der Waals surface area contributed by atoms with Gasteiger partial charge in [0.2, 0.25) is 5.88 Å². The fourth-order valence-electron chi connectivity index (χ4n) is 1.54. The SMILES string of the molecule is CCC(C)CCCc1ccc(OC)nc1. The van der Waals surface area contributed by atoms with Gasteiger partial charge in [-0.05, 0) is 24.3 Å². The van der Waals surface area contributed by atoms with Gasteiger partial charge in [0.25, 0.3) is 0 Å². The summed E-state index contributed by atoms with van der Waals surface area (Å²) in [6.07, 6.45) is 6.88. The van der Waals surface area contributed by atoms with Crippen LogP contribution in [-0.4, -0.2) is 12.1 Å². The van der Waals surface area contributed by atoms with E-state index in [0.717, 1.165) is 12.3 Å². The summed E-state index contributed by atoms with van der Waals surface area (Å²) in [4.78, 5) is 4.19. The molecule has 15 heavy (non-hydrogen) atoms. The molecule has 1 rings (SSSR count). The third-order valence-electron chi connectivity index (χ3n) is 2.87. The maximum Gasteiger partial charge on any atom is 0.212 e. The van der Waals surface area contributed by atoms with Crippen molar-refractivity contribution in [1.29, 1.82) is 0 Å². The molecule has 84 valence electrons. The van der Waals surface area contributed by atoms with Crippen molar-refractivity contribution < 1.29 is 4.74 Å². The monoisotopic (exact) mass is 207 g/mol. The molecule has 1 heterocycles. The molecule has 0 aromatic carbocycles. The maximum absolute atomic E-state index is 5.02. The van der Waals surface area contributed by atoms with Crippen LogP contribution >= 0.6 is 0 Å². The summed E-state index contributed by atoms with van der Waals surface area (Å²) in [5.74, 6) is 1.54. The third-order valence-corrected chi connectivity index (χ3v) is 2.87. The van der Waals surface area contributed by atoms with Gasteiger partial charge < -0.3 is 4.74 Å². The zero-order valence-corrected chi connectivity index (χ0v) is 9.99. The predicted octanol–water partition coefficient (Wildman–Crippen LogP) is 3.46. The summed E-state index contributed by atoms with van der Waals surface area (Å²) in [5.41, 5.74) is 1.30. The molecule has 1 aromatic rings. The van der Waals surface area contributed by atoms with E-state index < -0.39 is 0 Å².